The molecule has 1 amide bonds. The van der Waals surface area contributed by atoms with Gasteiger partial charge in [0.25, 0.3) is 0 Å². The molecule has 2 heterocycles. The molecule has 0 bridgehead atoms. The third kappa shape index (κ3) is 4.02. The van der Waals surface area contributed by atoms with Crippen LogP contribution in [0.2, 0.25) is 0 Å². The standard InChI is InChI=1S/C21H32BNO4/c1-14-11-16(22-26-20(5,6)21(7,8)27-22)12-15-13-23(10-9-17(14)15)18(24)25-19(2,3)4/h11-12H,9-10,13H2,1-8H3. The predicted molar refractivity (Wildman–Crippen MR) is 107 cm³/mol. The van der Waals surface area contributed by atoms with Gasteiger partial charge >= 0.3 is 13.2 Å². The Morgan fingerprint density at radius 1 is 1.15 bits per heavy atom. The van der Waals surface area contributed by atoms with E-state index in [0.717, 1.165) is 17.4 Å². The number of fused-ring (bicyclic) bond motifs is 1. The lowest BCUT2D eigenvalue weighted by atomic mass is 9.75. The predicted octanol–water partition coefficient (Wildman–Crippen LogP) is 3.59. The fraction of sp³-hybridized carbons (Fsp3) is 0.667. The topological polar surface area (TPSA) is 48.0 Å². The Morgan fingerprint density at radius 3 is 2.30 bits per heavy atom. The second-order valence-electron chi connectivity index (χ2n) is 9.72. The molecule has 1 saturated heterocycles. The van der Waals surface area contributed by atoms with Crippen molar-refractivity contribution in [3.8, 4) is 0 Å². The number of benzene rings is 1. The number of carbonyl (C=O) groups is 1. The van der Waals surface area contributed by atoms with E-state index < -0.39 is 12.7 Å². The van der Waals surface area contributed by atoms with Gasteiger partial charge in [0.05, 0.1) is 11.2 Å². The Bertz CT molecular complexity index is 735. The molecule has 0 aliphatic carbocycles. The number of aryl methyl sites for hydroxylation is 1. The van der Waals surface area contributed by atoms with E-state index in [0.29, 0.717) is 13.1 Å². The van der Waals surface area contributed by atoms with Crippen molar-refractivity contribution in [2.75, 3.05) is 6.54 Å². The second kappa shape index (κ2) is 6.52. The van der Waals surface area contributed by atoms with Crippen LogP contribution >= 0.6 is 0 Å². The average molecular weight is 373 g/mol. The minimum absolute atomic E-state index is 0.258. The second-order valence-corrected chi connectivity index (χ2v) is 9.72. The molecule has 5 nitrogen and oxygen atoms in total. The van der Waals surface area contributed by atoms with E-state index >= 15 is 0 Å². The highest BCUT2D eigenvalue weighted by atomic mass is 16.7. The van der Waals surface area contributed by atoms with Gasteiger partial charge in [-0.25, -0.2) is 4.79 Å². The number of carbonyl (C=O) groups excluding carboxylic acids is 1. The highest BCUT2D eigenvalue weighted by molar-refractivity contribution is 6.62. The number of rotatable bonds is 1. The van der Waals surface area contributed by atoms with Gasteiger partial charge < -0.3 is 18.9 Å². The van der Waals surface area contributed by atoms with Gasteiger partial charge in [0.2, 0.25) is 0 Å². The molecule has 148 valence electrons. The zero-order chi connectivity index (χ0) is 20.2. The normalized spacial score (nSPS) is 21.2. The van der Waals surface area contributed by atoms with Gasteiger partial charge in [0, 0.05) is 13.1 Å². The Labute approximate surface area is 163 Å². The summed E-state index contributed by atoms with van der Waals surface area (Å²) >= 11 is 0. The molecule has 6 heteroatoms. The number of hydrogen-bond donors (Lipinski definition) is 0. The molecule has 0 unspecified atom stereocenters. The quantitative estimate of drug-likeness (QED) is 0.706. The smallest absolute Gasteiger partial charge is 0.444 e. The van der Waals surface area contributed by atoms with Gasteiger partial charge in [-0.1, -0.05) is 12.1 Å². The first-order chi connectivity index (χ1) is 12.3. The molecule has 0 N–H and O–H groups in total. The summed E-state index contributed by atoms with van der Waals surface area (Å²) in [5.41, 5.74) is 3.47. The molecule has 0 radical (unpaired) electrons. The third-order valence-electron chi connectivity index (χ3n) is 5.76. The van der Waals surface area contributed by atoms with Crippen LogP contribution in [0.25, 0.3) is 0 Å². The van der Waals surface area contributed by atoms with E-state index in [4.69, 9.17) is 14.0 Å². The first-order valence-corrected chi connectivity index (χ1v) is 9.75. The first kappa shape index (κ1) is 20.2. The molecular formula is C21H32BNO4. The van der Waals surface area contributed by atoms with Crippen LogP contribution in [0.4, 0.5) is 4.79 Å². The van der Waals surface area contributed by atoms with E-state index in [1.54, 1.807) is 4.90 Å². The van der Waals surface area contributed by atoms with Crippen molar-refractivity contribution in [2.45, 2.75) is 85.2 Å². The zero-order valence-electron chi connectivity index (χ0n) is 17.9. The summed E-state index contributed by atoms with van der Waals surface area (Å²) in [6.07, 6.45) is 0.580. The Morgan fingerprint density at radius 2 is 1.74 bits per heavy atom. The Balaban J connectivity index is 1.84. The van der Waals surface area contributed by atoms with Crippen LogP contribution in [0.3, 0.4) is 0 Å². The van der Waals surface area contributed by atoms with Crippen LogP contribution in [0.5, 0.6) is 0 Å². The maximum Gasteiger partial charge on any atom is 0.494 e. The molecule has 0 atom stereocenters. The van der Waals surface area contributed by atoms with Crippen molar-refractivity contribution in [3.05, 3.63) is 28.8 Å². The Hall–Kier alpha value is -1.53. The monoisotopic (exact) mass is 373 g/mol. The van der Waals surface area contributed by atoms with Gasteiger partial charge in [-0.05, 0) is 84.0 Å². The lowest BCUT2D eigenvalue weighted by Crippen LogP contribution is -2.41. The fourth-order valence-corrected chi connectivity index (χ4v) is 3.55. The van der Waals surface area contributed by atoms with Crippen LogP contribution in [0, 0.1) is 6.92 Å². The van der Waals surface area contributed by atoms with Crippen LogP contribution in [-0.2, 0) is 27.0 Å². The number of ether oxygens (including phenoxy) is 1. The minimum Gasteiger partial charge on any atom is -0.444 e. The Kier molecular flexibility index (Phi) is 4.88. The molecule has 2 aliphatic rings. The highest BCUT2D eigenvalue weighted by Gasteiger charge is 2.51. The number of nitrogens with zero attached hydrogens (tertiary/aromatic N) is 1. The lowest BCUT2D eigenvalue weighted by molar-refractivity contribution is 0.00578. The molecule has 1 aromatic rings. The average Bonchev–Trinajstić information content (AvgIpc) is 2.73. The van der Waals surface area contributed by atoms with Crippen molar-refractivity contribution in [2.24, 2.45) is 0 Å². The van der Waals surface area contributed by atoms with Crippen molar-refractivity contribution in [3.63, 3.8) is 0 Å². The maximum absolute atomic E-state index is 12.5. The van der Waals surface area contributed by atoms with Gasteiger partial charge in [-0.2, -0.15) is 0 Å². The van der Waals surface area contributed by atoms with Crippen LogP contribution in [-0.4, -0.2) is 41.5 Å². The molecule has 2 aliphatic heterocycles. The zero-order valence-corrected chi connectivity index (χ0v) is 17.9. The summed E-state index contributed by atoms with van der Waals surface area (Å²) in [4.78, 5) is 14.3. The van der Waals surface area contributed by atoms with Crippen LogP contribution in [0.15, 0.2) is 12.1 Å². The van der Waals surface area contributed by atoms with Crippen molar-refractivity contribution in [1.82, 2.24) is 4.90 Å². The van der Waals surface area contributed by atoms with E-state index in [1.165, 1.54) is 11.1 Å². The highest BCUT2D eigenvalue weighted by Crippen LogP contribution is 2.37. The summed E-state index contributed by atoms with van der Waals surface area (Å²) in [7, 11) is -0.393. The van der Waals surface area contributed by atoms with E-state index in [1.807, 2.05) is 20.8 Å². The largest absolute Gasteiger partial charge is 0.494 e. The van der Waals surface area contributed by atoms with Crippen molar-refractivity contribution < 1.29 is 18.8 Å². The summed E-state index contributed by atoms with van der Waals surface area (Å²) in [5.74, 6) is 0. The van der Waals surface area contributed by atoms with Gasteiger partial charge in [0.15, 0.2) is 0 Å². The summed E-state index contributed by atoms with van der Waals surface area (Å²) < 4.78 is 18.0. The summed E-state index contributed by atoms with van der Waals surface area (Å²) in [5, 5.41) is 0. The van der Waals surface area contributed by atoms with E-state index in [-0.39, 0.29) is 17.3 Å². The molecule has 1 fully saturated rings. The molecular weight excluding hydrogens is 341 g/mol. The minimum atomic E-state index is -0.488. The maximum atomic E-state index is 12.5. The number of hydrogen-bond acceptors (Lipinski definition) is 4. The SMILES string of the molecule is Cc1cc(B2OC(C)(C)C(C)(C)O2)cc2c1CCN(C(=O)OC(C)(C)C)C2. The first-order valence-electron chi connectivity index (χ1n) is 9.75. The molecule has 3 rings (SSSR count). The number of amides is 1. The van der Waals surface area contributed by atoms with Gasteiger partial charge in [-0.15, -0.1) is 0 Å². The molecule has 0 spiro atoms. The third-order valence-corrected chi connectivity index (χ3v) is 5.76. The van der Waals surface area contributed by atoms with E-state index in [2.05, 4.69) is 46.8 Å². The molecule has 0 saturated carbocycles. The molecule has 1 aromatic carbocycles. The molecule has 27 heavy (non-hydrogen) atoms. The molecule has 0 aromatic heterocycles. The van der Waals surface area contributed by atoms with Gasteiger partial charge in [0.1, 0.15) is 5.60 Å². The van der Waals surface area contributed by atoms with Crippen molar-refractivity contribution >= 4 is 18.7 Å². The lowest BCUT2D eigenvalue weighted by Gasteiger charge is -2.32. The fourth-order valence-electron chi connectivity index (χ4n) is 3.55. The van der Waals surface area contributed by atoms with Crippen molar-refractivity contribution in [1.29, 1.82) is 0 Å². The van der Waals surface area contributed by atoms with Gasteiger partial charge in [-0.3, -0.25) is 0 Å². The van der Waals surface area contributed by atoms with E-state index in [9.17, 15) is 4.79 Å². The summed E-state index contributed by atoms with van der Waals surface area (Å²) in [6, 6.07) is 4.28. The summed E-state index contributed by atoms with van der Waals surface area (Å²) in [6.45, 7) is 17.3. The van der Waals surface area contributed by atoms with Crippen LogP contribution in [0.1, 0.15) is 65.2 Å². The van der Waals surface area contributed by atoms with Crippen LogP contribution < -0.4 is 5.46 Å².